The summed E-state index contributed by atoms with van der Waals surface area (Å²) in [6.45, 7) is 4.93. The van der Waals surface area contributed by atoms with E-state index in [0.717, 1.165) is 6.54 Å². The summed E-state index contributed by atoms with van der Waals surface area (Å²) in [5.74, 6) is 0.145. The van der Waals surface area contributed by atoms with Crippen molar-refractivity contribution in [2.75, 3.05) is 19.6 Å². The van der Waals surface area contributed by atoms with Gasteiger partial charge in [-0.25, -0.2) is 0 Å². The van der Waals surface area contributed by atoms with Crippen LogP contribution in [0.3, 0.4) is 0 Å². The SMILES string of the molecule is CC(=O)C=CCN1CCCCC1. The van der Waals surface area contributed by atoms with Crippen molar-refractivity contribution in [1.29, 1.82) is 0 Å². The van der Waals surface area contributed by atoms with Crippen molar-refractivity contribution in [1.82, 2.24) is 4.90 Å². The number of ketones is 1. The van der Waals surface area contributed by atoms with Crippen LogP contribution in [0.5, 0.6) is 0 Å². The van der Waals surface area contributed by atoms with E-state index < -0.39 is 0 Å². The Kier molecular flexibility index (Phi) is 4.01. The maximum atomic E-state index is 10.6. The number of rotatable bonds is 3. The van der Waals surface area contributed by atoms with Crippen LogP contribution in [0.1, 0.15) is 26.2 Å². The first kappa shape index (κ1) is 9.46. The van der Waals surface area contributed by atoms with Gasteiger partial charge in [0.2, 0.25) is 0 Å². The summed E-state index contributed by atoms with van der Waals surface area (Å²) in [6, 6.07) is 0. The second-order valence-corrected chi connectivity index (χ2v) is 3.37. The Bertz CT molecular complexity index is 169. The molecule has 68 valence electrons. The Morgan fingerprint density at radius 2 is 2.00 bits per heavy atom. The molecule has 1 fully saturated rings. The number of nitrogens with zero attached hydrogens (tertiary/aromatic N) is 1. The van der Waals surface area contributed by atoms with Crippen LogP contribution in [0.25, 0.3) is 0 Å². The lowest BCUT2D eigenvalue weighted by atomic mass is 10.1. The molecule has 1 rings (SSSR count). The molecule has 12 heavy (non-hydrogen) atoms. The fourth-order valence-corrected chi connectivity index (χ4v) is 1.51. The molecule has 2 heteroatoms. The highest BCUT2D eigenvalue weighted by molar-refractivity contribution is 5.87. The summed E-state index contributed by atoms with van der Waals surface area (Å²) >= 11 is 0. The van der Waals surface area contributed by atoms with Crippen molar-refractivity contribution in [2.24, 2.45) is 0 Å². The standard InChI is InChI=1S/C10H17NO/c1-10(12)6-5-9-11-7-3-2-4-8-11/h5-6H,2-4,7-9H2,1H3. The molecule has 0 aromatic carbocycles. The first-order chi connectivity index (χ1) is 5.79. The largest absolute Gasteiger partial charge is 0.300 e. The summed E-state index contributed by atoms with van der Waals surface area (Å²) in [7, 11) is 0. The van der Waals surface area contributed by atoms with E-state index in [4.69, 9.17) is 0 Å². The summed E-state index contributed by atoms with van der Waals surface area (Å²) in [4.78, 5) is 13.0. The Hall–Kier alpha value is -0.630. The van der Waals surface area contributed by atoms with E-state index in [2.05, 4.69) is 4.90 Å². The van der Waals surface area contributed by atoms with Gasteiger partial charge in [-0.15, -0.1) is 0 Å². The number of carbonyl (C=O) groups excluding carboxylic acids is 1. The van der Waals surface area contributed by atoms with Gasteiger partial charge in [-0.2, -0.15) is 0 Å². The predicted molar refractivity (Wildman–Crippen MR) is 50.1 cm³/mol. The van der Waals surface area contributed by atoms with Crippen molar-refractivity contribution in [2.45, 2.75) is 26.2 Å². The summed E-state index contributed by atoms with van der Waals surface area (Å²) in [6.07, 6.45) is 7.62. The summed E-state index contributed by atoms with van der Waals surface area (Å²) < 4.78 is 0. The molecule has 0 radical (unpaired) electrons. The fraction of sp³-hybridized carbons (Fsp3) is 0.700. The van der Waals surface area contributed by atoms with Crippen LogP contribution >= 0.6 is 0 Å². The molecule has 1 aliphatic rings. The molecule has 0 aliphatic carbocycles. The third-order valence-corrected chi connectivity index (χ3v) is 2.16. The van der Waals surface area contributed by atoms with E-state index in [9.17, 15) is 4.79 Å². The van der Waals surface area contributed by atoms with Gasteiger partial charge in [0.05, 0.1) is 0 Å². The predicted octanol–water partition coefficient (Wildman–Crippen LogP) is 1.62. The molecule has 1 aliphatic heterocycles. The van der Waals surface area contributed by atoms with Crippen LogP contribution in [0.2, 0.25) is 0 Å². The Morgan fingerprint density at radius 3 is 2.58 bits per heavy atom. The first-order valence-electron chi connectivity index (χ1n) is 4.68. The second-order valence-electron chi connectivity index (χ2n) is 3.37. The molecule has 1 heterocycles. The van der Waals surface area contributed by atoms with Gasteiger partial charge in [0.1, 0.15) is 0 Å². The van der Waals surface area contributed by atoms with Crippen molar-refractivity contribution in [3.05, 3.63) is 12.2 Å². The molecule has 0 bridgehead atoms. The third kappa shape index (κ3) is 3.67. The molecule has 0 spiro atoms. The van der Waals surface area contributed by atoms with Crippen LogP contribution < -0.4 is 0 Å². The molecule has 0 saturated carbocycles. The molecular formula is C10H17NO. The molecule has 0 amide bonds. The summed E-state index contributed by atoms with van der Waals surface area (Å²) in [5.41, 5.74) is 0. The van der Waals surface area contributed by atoms with Gasteiger partial charge in [0.15, 0.2) is 5.78 Å². The van der Waals surface area contributed by atoms with Gasteiger partial charge in [-0.3, -0.25) is 9.69 Å². The highest BCUT2D eigenvalue weighted by Gasteiger charge is 2.07. The zero-order valence-electron chi connectivity index (χ0n) is 7.75. The molecule has 1 saturated heterocycles. The van der Waals surface area contributed by atoms with E-state index in [1.54, 1.807) is 13.0 Å². The molecular weight excluding hydrogens is 150 g/mol. The highest BCUT2D eigenvalue weighted by Crippen LogP contribution is 2.07. The van der Waals surface area contributed by atoms with E-state index >= 15 is 0 Å². The maximum Gasteiger partial charge on any atom is 0.152 e. The topological polar surface area (TPSA) is 20.3 Å². The van der Waals surface area contributed by atoms with Crippen molar-refractivity contribution >= 4 is 5.78 Å². The number of carbonyl (C=O) groups is 1. The van der Waals surface area contributed by atoms with Crippen LogP contribution in [0.15, 0.2) is 12.2 Å². The lowest BCUT2D eigenvalue weighted by Gasteiger charge is -2.24. The van der Waals surface area contributed by atoms with Crippen molar-refractivity contribution in [3.63, 3.8) is 0 Å². The zero-order chi connectivity index (χ0) is 8.81. The van der Waals surface area contributed by atoms with Crippen molar-refractivity contribution < 1.29 is 4.79 Å². The molecule has 0 unspecified atom stereocenters. The number of hydrogen-bond donors (Lipinski definition) is 0. The monoisotopic (exact) mass is 167 g/mol. The van der Waals surface area contributed by atoms with Gasteiger partial charge in [0.25, 0.3) is 0 Å². The number of piperidine rings is 1. The molecule has 0 aromatic heterocycles. The quantitative estimate of drug-likeness (QED) is 0.595. The molecule has 0 aromatic rings. The lowest BCUT2D eigenvalue weighted by Crippen LogP contribution is -2.29. The van der Waals surface area contributed by atoms with Gasteiger partial charge >= 0.3 is 0 Å². The van der Waals surface area contributed by atoms with Crippen LogP contribution in [-0.4, -0.2) is 30.3 Å². The number of allylic oxidation sites excluding steroid dienone is 1. The van der Waals surface area contributed by atoms with Gasteiger partial charge in [-0.1, -0.05) is 12.5 Å². The van der Waals surface area contributed by atoms with Gasteiger partial charge in [0, 0.05) is 6.54 Å². The molecule has 0 N–H and O–H groups in total. The zero-order valence-corrected chi connectivity index (χ0v) is 7.75. The van der Waals surface area contributed by atoms with E-state index in [-0.39, 0.29) is 5.78 Å². The minimum Gasteiger partial charge on any atom is -0.300 e. The number of likely N-dealkylation sites (tertiary alicyclic amines) is 1. The van der Waals surface area contributed by atoms with Crippen molar-refractivity contribution in [3.8, 4) is 0 Å². The Morgan fingerprint density at radius 1 is 1.33 bits per heavy atom. The smallest absolute Gasteiger partial charge is 0.152 e. The molecule has 2 nitrogen and oxygen atoms in total. The summed E-state index contributed by atoms with van der Waals surface area (Å²) in [5, 5.41) is 0. The highest BCUT2D eigenvalue weighted by atomic mass is 16.1. The normalized spacial score (nSPS) is 20.1. The Balaban J connectivity index is 2.17. The fourth-order valence-electron chi connectivity index (χ4n) is 1.51. The van der Waals surface area contributed by atoms with E-state index in [1.807, 2.05) is 6.08 Å². The first-order valence-corrected chi connectivity index (χ1v) is 4.68. The maximum absolute atomic E-state index is 10.6. The minimum atomic E-state index is 0.145. The average Bonchev–Trinajstić information content (AvgIpc) is 2.05. The van der Waals surface area contributed by atoms with Gasteiger partial charge in [-0.05, 0) is 38.9 Å². The van der Waals surface area contributed by atoms with E-state index in [0.29, 0.717) is 0 Å². The van der Waals surface area contributed by atoms with E-state index in [1.165, 1.54) is 32.4 Å². The second kappa shape index (κ2) is 5.09. The van der Waals surface area contributed by atoms with Crippen LogP contribution in [-0.2, 0) is 4.79 Å². The van der Waals surface area contributed by atoms with Crippen LogP contribution in [0.4, 0.5) is 0 Å². The van der Waals surface area contributed by atoms with Crippen LogP contribution in [0, 0.1) is 0 Å². The lowest BCUT2D eigenvalue weighted by molar-refractivity contribution is -0.112. The number of hydrogen-bond acceptors (Lipinski definition) is 2. The average molecular weight is 167 g/mol. The molecule has 0 atom stereocenters. The Labute approximate surface area is 74.2 Å². The van der Waals surface area contributed by atoms with Gasteiger partial charge < -0.3 is 0 Å². The third-order valence-electron chi connectivity index (χ3n) is 2.16. The minimum absolute atomic E-state index is 0.145.